The predicted molar refractivity (Wildman–Crippen MR) is 83.4 cm³/mol. The Morgan fingerprint density at radius 1 is 1.33 bits per heavy atom. The zero-order valence-electron chi connectivity index (χ0n) is 13.3. The molecule has 1 N–H and O–H groups in total. The quantitative estimate of drug-likeness (QED) is 0.623. The highest BCUT2D eigenvalue weighted by Gasteiger charge is 2.48. The molecule has 1 aromatic carbocycles. The van der Waals surface area contributed by atoms with Crippen molar-refractivity contribution in [3.05, 3.63) is 52.9 Å². The van der Waals surface area contributed by atoms with E-state index in [1.54, 1.807) is 0 Å². The summed E-state index contributed by atoms with van der Waals surface area (Å²) in [6, 6.07) is 3.08. The number of hydrogen-bond donors (Lipinski definition) is 1. The molecule has 0 aliphatic heterocycles. The van der Waals surface area contributed by atoms with Crippen LogP contribution in [0.15, 0.2) is 29.3 Å². The van der Waals surface area contributed by atoms with E-state index in [9.17, 15) is 35.5 Å². The van der Waals surface area contributed by atoms with E-state index in [4.69, 9.17) is 6.57 Å². The summed E-state index contributed by atoms with van der Waals surface area (Å²) >= 11 is 0. The topological polar surface area (TPSA) is 63.7 Å². The van der Waals surface area contributed by atoms with Gasteiger partial charge in [0.05, 0.1) is 11.5 Å². The molecular formula is C16H11F5N2O3S. The van der Waals surface area contributed by atoms with Crippen molar-refractivity contribution in [1.29, 1.82) is 0 Å². The molecule has 0 radical (unpaired) electrons. The zero-order valence-corrected chi connectivity index (χ0v) is 14.2. The van der Waals surface area contributed by atoms with Gasteiger partial charge in [-0.15, -0.1) is 0 Å². The van der Waals surface area contributed by atoms with Crippen molar-refractivity contribution in [1.82, 2.24) is 4.57 Å². The second-order valence-corrected chi connectivity index (χ2v) is 7.83. The SMILES string of the molecule is [C-]#[N+]c1cc(-n2cc(S(=O)(=O)C(F)F)c3c2CCC(F)(F)[C@H]3O)ccc1F. The normalized spacial score (nSPS) is 19.0. The molecule has 2 aromatic rings. The minimum Gasteiger partial charge on any atom is -0.382 e. The van der Waals surface area contributed by atoms with Crippen molar-refractivity contribution >= 4 is 15.5 Å². The Bertz CT molecular complexity index is 1060. The molecule has 5 nitrogen and oxygen atoms in total. The van der Waals surface area contributed by atoms with Crippen LogP contribution >= 0.6 is 0 Å². The highest BCUT2D eigenvalue weighted by molar-refractivity contribution is 7.91. The summed E-state index contributed by atoms with van der Waals surface area (Å²) in [5.41, 5.74) is -1.32. The number of rotatable bonds is 3. The Labute approximate surface area is 150 Å². The Hall–Kier alpha value is -2.45. The van der Waals surface area contributed by atoms with E-state index in [1.807, 2.05) is 0 Å². The molecule has 144 valence electrons. The maximum Gasteiger partial charge on any atom is 0.341 e. The number of aliphatic hydroxyl groups excluding tert-OH is 1. The summed E-state index contributed by atoms with van der Waals surface area (Å²) < 4.78 is 92.3. The van der Waals surface area contributed by atoms with E-state index in [1.165, 1.54) is 0 Å². The van der Waals surface area contributed by atoms with Gasteiger partial charge in [0.15, 0.2) is 0 Å². The molecular weight excluding hydrogens is 395 g/mol. The maximum atomic E-state index is 13.9. The molecule has 0 unspecified atom stereocenters. The summed E-state index contributed by atoms with van der Waals surface area (Å²) in [6.07, 6.45) is -3.15. The van der Waals surface area contributed by atoms with Crippen molar-refractivity contribution in [2.45, 2.75) is 35.5 Å². The van der Waals surface area contributed by atoms with Gasteiger partial charge in [0.25, 0.3) is 5.92 Å². The molecule has 0 saturated heterocycles. The summed E-state index contributed by atoms with van der Waals surface area (Å²) in [5, 5.41) is 9.94. The first-order valence-electron chi connectivity index (χ1n) is 7.50. The molecule has 0 amide bonds. The third-order valence-corrected chi connectivity index (χ3v) is 5.76. The van der Waals surface area contributed by atoms with Crippen molar-refractivity contribution in [2.24, 2.45) is 0 Å². The van der Waals surface area contributed by atoms with E-state index in [-0.39, 0.29) is 11.4 Å². The smallest absolute Gasteiger partial charge is 0.341 e. The standard InChI is InChI=1S/C16H11F5N2O3S/c1-22-10-6-8(2-3-9(10)17)23-7-12(27(25,26)15(18)19)13-11(23)4-5-16(20,21)14(13)24/h2-3,6-7,14-15,24H,4-5H2/t14-/m0/s1. The number of hydrogen-bond acceptors (Lipinski definition) is 3. The minimum atomic E-state index is -5.29. The Morgan fingerprint density at radius 3 is 2.59 bits per heavy atom. The Balaban J connectivity index is 2.32. The fourth-order valence-electron chi connectivity index (χ4n) is 3.01. The number of alkyl halides is 4. The van der Waals surface area contributed by atoms with Gasteiger partial charge in [0, 0.05) is 29.6 Å². The summed E-state index contributed by atoms with van der Waals surface area (Å²) in [5.74, 6) is -8.44. The average Bonchev–Trinajstić information content (AvgIpc) is 2.99. The third-order valence-electron chi connectivity index (χ3n) is 4.35. The van der Waals surface area contributed by atoms with Crippen LogP contribution in [0.3, 0.4) is 0 Å². The lowest BCUT2D eigenvalue weighted by Gasteiger charge is -2.29. The summed E-state index contributed by atoms with van der Waals surface area (Å²) in [7, 11) is -5.29. The van der Waals surface area contributed by atoms with E-state index < -0.39 is 62.4 Å². The minimum absolute atomic E-state index is 0.0202. The monoisotopic (exact) mass is 406 g/mol. The molecule has 0 bridgehead atoms. The number of aromatic nitrogens is 1. The van der Waals surface area contributed by atoms with Crippen LogP contribution < -0.4 is 0 Å². The van der Waals surface area contributed by atoms with E-state index in [0.29, 0.717) is 6.20 Å². The molecule has 3 rings (SSSR count). The molecule has 0 spiro atoms. The van der Waals surface area contributed by atoms with Crippen LogP contribution in [0.5, 0.6) is 0 Å². The molecule has 1 aliphatic rings. The van der Waals surface area contributed by atoms with Gasteiger partial charge in [-0.05, 0) is 24.6 Å². The van der Waals surface area contributed by atoms with Crippen molar-refractivity contribution in [3.8, 4) is 5.69 Å². The van der Waals surface area contributed by atoms with Gasteiger partial charge in [-0.1, -0.05) is 0 Å². The van der Waals surface area contributed by atoms with E-state index in [2.05, 4.69) is 4.85 Å². The first kappa shape index (κ1) is 19.3. The second-order valence-electron chi connectivity index (χ2n) is 5.94. The van der Waals surface area contributed by atoms with Gasteiger partial charge in [-0.2, -0.15) is 8.78 Å². The number of halogens is 5. The van der Waals surface area contributed by atoms with Gasteiger partial charge in [0.2, 0.25) is 15.5 Å². The number of fused-ring (bicyclic) bond motifs is 1. The van der Waals surface area contributed by atoms with Crippen LogP contribution in [0.25, 0.3) is 10.5 Å². The summed E-state index contributed by atoms with van der Waals surface area (Å²) in [4.78, 5) is 1.83. The molecule has 1 aliphatic carbocycles. The second kappa shape index (κ2) is 6.31. The lowest BCUT2D eigenvalue weighted by Crippen LogP contribution is -2.33. The zero-order chi connectivity index (χ0) is 20.1. The largest absolute Gasteiger partial charge is 0.382 e. The van der Waals surface area contributed by atoms with Gasteiger partial charge in [0.1, 0.15) is 11.9 Å². The van der Waals surface area contributed by atoms with Gasteiger partial charge in [-0.3, -0.25) is 0 Å². The number of benzene rings is 1. The van der Waals surface area contributed by atoms with Crippen LogP contribution in [-0.2, 0) is 16.3 Å². The van der Waals surface area contributed by atoms with Crippen LogP contribution in [0.1, 0.15) is 23.8 Å². The predicted octanol–water partition coefficient (Wildman–Crippen LogP) is 3.78. The number of nitrogens with zero attached hydrogens (tertiary/aromatic N) is 2. The van der Waals surface area contributed by atoms with Crippen molar-refractivity contribution in [3.63, 3.8) is 0 Å². The molecule has 11 heteroatoms. The third kappa shape index (κ3) is 2.98. The number of aliphatic hydroxyl groups is 1. The fraction of sp³-hybridized carbons (Fsp3) is 0.312. The summed E-state index contributed by atoms with van der Waals surface area (Å²) in [6.45, 7) is 6.92. The fourth-order valence-corrected chi connectivity index (χ4v) is 3.99. The lowest BCUT2D eigenvalue weighted by molar-refractivity contribution is -0.123. The Morgan fingerprint density at radius 2 is 2.00 bits per heavy atom. The lowest BCUT2D eigenvalue weighted by atomic mass is 9.91. The molecule has 1 aromatic heterocycles. The van der Waals surface area contributed by atoms with Crippen LogP contribution in [0, 0.1) is 12.4 Å². The maximum absolute atomic E-state index is 13.9. The first-order valence-corrected chi connectivity index (χ1v) is 9.04. The average molecular weight is 406 g/mol. The molecule has 0 saturated carbocycles. The van der Waals surface area contributed by atoms with E-state index in [0.717, 1.165) is 22.8 Å². The van der Waals surface area contributed by atoms with Gasteiger partial charge >= 0.3 is 5.76 Å². The highest BCUT2D eigenvalue weighted by atomic mass is 32.2. The molecule has 27 heavy (non-hydrogen) atoms. The van der Waals surface area contributed by atoms with Crippen molar-refractivity contribution < 1.29 is 35.5 Å². The molecule has 0 fully saturated rings. The van der Waals surface area contributed by atoms with Gasteiger partial charge in [-0.25, -0.2) is 26.4 Å². The number of sulfone groups is 1. The van der Waals surface area contributed by atoms with Crippen LogP contribution in [-0.4, -0.2) is 29.8 Å². The highest BCUT2D eigenvalue weighted by Crippen LogP contribution is 2.46. The molecule has 1 heterocycles. The first-order chi connectivity index (χ1) is 12.5. The molecule has 1 atom stereocenters. The van der Waals surface area contributed by atoms with E-state index >= 15 is 0 Å². The van der Waals surface area contributed by atoms with Crippen LogP contribution in [0.4, 0.5) is 27.6 Å². The Kier molecular flexibility index (Phi) is 4.52. The van der Waals surface area contributed by atoms with Crippen LogP contribution in [0.2, 0.25) is 0 Å². The van der Waals surface area contributed by atoms with Gasteiger partial charge < -0.3 is 9.67 Å². The van der Waals surface area contributed by atoms with Crippen molar-refractivity contribution in [2.75, 3.05) is 0 Å².